The molecule has 0 unspecified atom stereocenters. The number of pyridine rings is 1. The first-order valence-corrected chi connectivity index (χ1v) is 7.19. The van der Waals surface area contributed by atoms with Crippen LogP contribution in [0, 0.1) is 5.41 Å². The molecule has 2 rings (SSSR count). The fourth-order valence-electron chi connectivity index (χ4n) is 1.54. The number of anilines is 1. The Balaban J connectivity index is 0.00000220. The maximum atomic E-state index is 12.0. The fraction of sp³-hybridized carbons (Fsp3) is 0.357. The number of hydrogen-bond donors (Lipinski definition) is 2. The lowest BCUT2D eigenvalue weighted by Crippen LogP contribution is -2.45. The average Bonchev–Trinajstić information content (AvgIpc) is 2.86. The number of nitrogens with one attached hydrogen (secondary N) is 1. The molecule has 22 heavy (non-hydrogen) atoms. The average molecular weight is 363 g/mol. The van der Waals surface area contributed by atoms with Gasteiger partial charge in [0, 0.05) is 11.6 Å². The molecule has 2 aromatic rings. The standard InChI is InChI=1S/C14H18N4OS.2ClH/c1-14(2,3)11(15)12(19)18-13-17-10(8-20-13)9-6-4-5-7-16-9;;/h4-8,11H,15H2,1-3H3,(H,17,18,19);2*1H/t11-;;/m1../s1. The predicted octanol–water partition coefficient (Wildman–Crippen LogP) is 3.36. The van der Waals surface area contributed by atoms with Crippen LogP contribution in [0.1, 0.15) is 20.8 Å². The van der Waals surface area contributed by atoms with Gasteiger partial charge in [0.15, 0.2) is 5.13 Å². The lowest BCUT2D eigenvalue weighted by Gasteiger charge is -2.25. The van der Waals surface area contributed by atoms with Crippen LogP contribution in [0.25, 0.3) is 11.4 Å². The van der Waals surface area contributed by atoms with Gasteiger partial charge in [-0.25, -0.2) is 4.98 Å². The number of nitrogens with zero attached hydrogens (tertiary/aromatic N) is 2. The smallest absolute Gasteiger partial charge is 0.243 e. The van der Waals surface area contributed by atoms with Crippen LogP contribution < -0.4 is 11.1 Å². The zero-order valence-corrected chi connectivity index (χ0v) is 15.0. The van der Waals surface area contributed by atoms with Crippen molar-refractivity contribution in [1.29, 1.82) is 0 Å². The zero-order valence-electron chi connectivity index (χ0n) is 12.6. The molecule has 0 aliphatic rings. The summed E-state index contributed by atoms with van der Waals surface area (Å²) in [7, 11) is 0. The monoisotopic (exact) mass is 362 g/mol. The summed E-state index contributed by atoms with van der Waals surface area (Å²) >= 11 is 1.36. The number of halogens is 2. The minimum Gasteiger partial charge on any atom is -0.319 e. The largest absolute Gasteiger partial charge is 0.319 e. The van der Waals surface area contributed by atoms with Crippen LogP contribution in [0.4, 0.5) is 5.13 Å². The van der Waals surface area contributed by atoms with Gasteiger partial charge in [0.2, 0.25) is 5.91 Å². The lowest BCUT2D eigenvalue weighted by atomic mass is 9.87. The summed E-state index contributed by atoms with van der Waals surface area (Å²) in [5, 5.41) is 5.15. The second-order valence-corrected chi connectivity index (χ2v) is 6.44. The van der Waals surface area contributed by atoms with Crippen molar-refractivity contribution in [3.8, 4) is 11.4 Å². The number of amides is 1. The van der Waals surface area contributed by atoms with Gasteiger partial charge in [-0.2, -0.15) is 0 Å². The molecular formula is C14H20Cl2N4OS. The fourth-order valence-corrected chi connectivity index (χ4v) is 2.25. The Morgan fingerprint density at radius 1 is 1.27 bits per heavy atom. The Bertz CT molecular complexity index is 598. The second-order valence-electron chi connectivity index (χ2n) is 5.59. The highest BCUT2D eigenvalue weighted by Crippen LogP contribution is 2.24. The van der Waals surface area contributed by atoms with Crippen molar-refractivity contribution in [2.24, 2.45) is 11.1 Å². The van der Waals surface area contributed by atoms with E-state index in [1.165, 1.54) is 11.3 Å². The molecule has 0 bridgehead atoms. The highest BCUT2D eigenvalue weighted by atomic mass is 35.5. The normalized spacial score (nSPS) is 11.8. The van der Waals surface area contributed by atoms with E-state index in [9.17, 15) is 4.79 Å². The van der Waals surface area contributed by atoms with E-state index in [-0.39, 0.29) is 36.1 Å². The topological polar surface area (TPSA) is 80.9 Å². The summed E-state index contributed by atoms with van der Waals surface area (Å²) in [4.78, 5) is 20.6. The Labute approximate surface area is 146 Å². The molecule has 0 saturated heterocycles. The quantitative estimate of drug-likeness (QED) is 0.876. The van der Waals surface area contributed by atoms with Crippen LogP contribution in [0.15, 0.2) is 29.8 Å². The first-order valence-electron chi connectivity index (χ1n) is 6.31. The van der Waals surface area contributed by atoms with Gasteiger partial charge in [-0.1, -0.05) is 26.8 Å². The van der Waals surface area contributed by atoms with Gasteiger partial charge in [-0.15, -0.1) is 36.2 Å². The van der Waals surface area contributed by atoms with Crippen LogP contribution >= 0.6 is 36.2 Å². The third kappa shape index (κ3) is 5.21. The summed E-state index contributed by atoms with van der Waals surface area (Å²) in [5.41, 5.74) is 7.15. The molecule has 8 heteroatoms. The van der Waals surface area contributed by atoms with E-state index in [1.807, 2.05) is 44.4 Å². The maximum absolute atomic E-state index is 12.0. The molecule has 0 spiro atoms. The van der Waals surface area contributed by atoms with Crippen molar-refractivity contribution < 1.29 is 4.79 Å². The Morgan fingerprint density at radius 2 is 1.95 bits per heavy atom. The number of thiazole rings is 1. The van der Waals surface area contributed by atoms with Crippen molar-refractivity contribution in [1.82, 2.24) is 9.97 Å². The van der Waals surface area contributed by atoms with Gasteiger partial charge < -0.3 is 11.1 Å². The molecule has 1 amide bonds. The van der Waals surface area contributed by atoms with E-state index in [2.05, 4.69) is 15.3 Å². The van der Waals surface area contributed by atoms with Gasteiger partial charge >= 0.3 is 0 Å². The number of rotatable bonds is 3. The van der Waals surface area contributed by atoms with E-state index >= 15 is 0 Å². The summed E-state index contributed by atoms with van der Waals surface area (Å²) in [6, 6.07) is 5.04. The number of carbonyl (C=O) groups excluding carboxylic acids is 1. The van der Waals surface area contributed by atoms with Gasteiger partial charge in [0.25, 0.3) is 0 Å². The SMILES string of the molecule is CC(C)(C)[C@H](N)C(=O)Nc1nc(-c2ccccn2)cs1.Cl.Cl. The Hall–Kier alpha value is -1.21. The molecule has 1 atom stereocenters. The van der Waals surface area contributed by atoms with Crippen molar-refractivity contribution in [2.75, 3.05) is 5.32 Å². The molecule has 2 aromatic heterocycles. The highest BCUT2D eigenvalue weighted by Gasteiger charge is 2.27. The molecule has 0 saturated carbocycles. The molecule has 0 aliphatic carbocycles. The lowest BCUT2D eigenvalue weighted by molar-refractivity contribution is -0.119. The predicted molar refractivity (Wildman–Crippen MR) is 95.9 cm³/mol. The van der Waals surface area contributed by atoms with Gasteiger partial charge in [-0.05, 0) is 17.5 Å². The number of nitrogens with two attached hydrogens (primary N) is 1. The molecule has 5 nitrogen and oxygen atoms in total. The molecule has 0 aliphatic heterocycles. The summed E-state index contributed by atoms with van der Waals surface area (Å²) < 4.78 is 0. The van der Waals surface area contributed by atoms with E-state index in [1.54, 1.807) is 6.20 Å². The van der Waals surface area contributed by atoms with Gasteiger partial charge in [0.1, 0.15) is 5.69 Å². The van der Waals surface area contributed by atoms with Crippen LogP contribution in [0.2, 0.25) is 0 Å². The minimum absolute atomic E-state index is 0. The molecule has 0 fully saturated rings. The summed E-state index contributed by atoms with van der Waals surface area (Å²) in [6.07, 6.45) is 1.71. The van der Waals surface area contributed by atoms with Crippen LogP contribution in [0.3, 0.4) is 0 Å². The first-order chi connectivity index (χ1) is 9.38. The van der Waals surface area contributed by atoms with Crippen LogP contribution in [0.5, 0.6) is 0 Å². The highest BCUT2D eigenvalue weighted by molar-refractivity contribution is 7.14. The molecular weight excluding hydrogens is 343 g/mol. The van der Waals surface area contributed by atoms with Crippen LogP contribution in [-0.4, -0.2) is 21.9 Å². The molecule has 0 radical (unpaired) electrons. The molecule has 2 heterocycles. The zero-order chi connectivity index (χ0) is 14.8. The van der Waals surface area contributed by atoms with E-state index in [0.717, 1.165) is 11.4 Å². The Kier molecular flexibility index (Phi) is 7.97. The third-order valence-electron chi connectivity index (χ3n) is 2.88. The van der Waals surface area contributed by atoms with Crippen molar-refractivity contribution in [2.45, 2.75) is 26.8 Å². The Morgan fingerprint density at radius 3 is 2.50 bits per heavy atom. The van der Waals surface area contributed by atoms with Crippen molar-refractivity contribution >= 4 is 47.2 Å². The van der Waals surface area contributed by atoms with E-state index in [0.29, 0.717) is 5.13 Å². The summed E-state index contributed by atoms with van der Waals surface area (Å²) in [6.45, 7) is 5.79. The van der Waals surface area contributed by atoms with E-state index in [4.69, 9.17) is 5.73 Å². The molecule has 122 valence electrons. The maximum Gasteiger partial charge on any atom is 0.243 e. The van der Waals surface area contributed by atoms with Crippen molar-refractivity contribution in [3.63, 3.8) is 0 Å². The minimum atomic E-state index is -0.579. The second kappa shape index (κ2) is 8.43. The molecule has 3 N–H and O–H groups in total. The number of hydrogen-bond acceptors (Lipinski definition) is 5. The number of carbonyl (C=O) groups is 1. The van der Waals surface area contributed by atoms with Crippen molar-refractivity contribution in [3.05, 3.63) is 29.8 Å². The van der Waals surface area contributed by atoms with Gasteiger partial charge in [-0.3, -0.25) is 9.78 Å². The van der Waals surface area contributed by atoms with Crippen LogP contribution in [-0.2, 0) is 4.79 Å². The summed E-state index contributed by atoms with van der Waals surface area (Å²) in [5.74, 6) is -0.223. The first kappa shape index (κ1) is 20.8. The molecule has 0 aromatic carbocycles. The van der Waals surface area contributed by atoms with E-state index < -0.39 is 6.04 Å². The number of aromatic nitrogens is 2. The van der Waals surface area contributed by atoms with Gasteiger partial charge in [0.05, 0.1) is 11.7 Å². The third-order valence-corrected chi connectivity index (χ3v) is 3.63.